The van der Waals surface area contributed by atoms with Crippen LogP contribution in [0.15, 0.2) is 42.5 Å². The van der Waals surface area contributed by atoms with Crippen molar-refractivity contribution in [3.05, 3.63) is 64.4 Å². The molecular formula is C18H17ClFN3O. The number of benzene rings is 2. The van der Waals surface area contributed by atoms with Crippen molar-refractivity contribution in [1.29, 1.82) is 5.41 Å². The summed E-state index contributed by atoms with van der Waals surface area (Å²) in [6, 6.07) is 10.9. The summed E-state index contributed by atoms with van der Waals surface area (Å²) in [5, 5.41) is 11.3. The normalized spacial score (nSPS) is 13.8. The highest BCUT2D eigenvalue weighted by Crippen LogP contribution is 2.18. The number of amidine groups is 1. The zero-order valence-corrected chi connectivity index (χ0v) is 13.7. The van der Waals surface area contributed by atoms with Crippen LogP contribution in [-0.2, 0) is 0 Å². The zero-order chi connectivity index (χ0) is 17.1. The van der Waals surface area contributed by atoms with E-state index in [4.69, 9.17) is 17.0 Å². The number of nitrogens with one attached hydrogen (secondary N) is 2. The Hall–Kier alpha value is -2.40. The molecule has 0 saturated carbocycles. The summed E-state index contributed by atoms with van der Waals surface area (Å²) in [4.78, 5) is 14.1. The van der Waals surface area contributed by atoms with E-state index in [1.807, 2.05) is 4.90 Å². The first-order valence-corrected chi connectivity index (χ1v) is 8.13. The highest BCUT2D eigenvalue weighted by Gasteiger charge is 2.19. The van der Waals surface area contributed by atoms with Gasteiger partial charge in [0, 0.05) is 29.4 Å². The van der Waals surface area contributed by atoms with Gasteiger partial charge in [0.15, 0.2) is 0 Å². The number of likely N-dealkylation sites (tertiary alicyclic amines) is 1. The summed E-state index contributed by atoms with van der Waals surface area (Å²) in [5.41, 5.74) is 0.970. The average Bonchev–Trinajstić information content (AvgIpc) is 3.10. The first-order valence-electron chi connectivity index (χ1n) is 7.75. The molecule has 2 N–H and O–H groups in total. The number of carbonyl (C=O) groups excluding carboxylic acids is 1. The van der Waals surface area contributed by atoms with Gasteiger partial charge in [-0.1, -0.05) is 17.7 Å². The molecule has 1 fully saturated rings. The SMILES string of the molecule is N=C(c1ccc(C(=O)Nc2ccc(Cl)cc2)c(F)c1)N1CCCC1. The lowest BCUT2D eigenvalue weighted by atomic mass is 10.1. The van der Waals surface area contributed by atoms with Gasteiger partial charge in [-0.05, 0) is 49.2 Å². The summed E-state index contributed by atoms with van der Waals surface area (Å²) in [5.74, 6) is -0.868. The van der Waals surface area contributed by atoms with Crippen molar-refractivity contribution in [2.24, 2.45) is 0 Å². The molecule has 0 radical (unpaired) electrons. The largest absolute Gasteiger partial charge is 0.357 e. The molecule has 24 heavy (non-hydrogen) atoms. The van der Waals surface area contributed by atoms with E-state index < -0.39 is 11.7 Å². The molecule has 0 atom stereocenters. The van der Waals surface area contributed by atoms with Crippen molar-refractivity contribution >= 4 is 29.0 Å². The standard InChI is InChI=1S/C18H17ClFN3O/c19-13-4-6-14(7-5-13)22-18(24)15-8-3-12(11-16(15)20)17(21)23-9-1-2-10-23/h3-8,11,21H,1-2,9-10H2,(H,22,24). The van der Waals surface area contributed by atoms with Gasteiger partial charge in [-0.2, -0.15) is 0 Å². The van der Waals surface area contributed by atoms with E-state index in [0.717, 1.165) is 25.9 Å². The van der Waals surface area contributed by atoms with Crippen LogP contribution in [-0.4, -0.2) is 29.7 Å². The Bertz CT molecular complexity index is 770. The third kappa shape index (κ3) is 3.57. The van der Waals surface area contributed by atoms with Crippen LogP contribution >= 0.6 is 11.6 Å². The minimum absolute atomic E-state index is 0.0529. The molecule has 1 aliphatic heterocycles. The summed E-state index contributed by atoms with van der Waals surface area (Å²) >= 11 is 5.79. The minimum Gasteiger partial charge on any atom is -0.357 e. The van der Waals surface area contributed by atoms with Gasteiger partial charge in [-0.15, -0.1) is 0 Å². The molecule has 1 saturated heterocycles. The molecule has 1 heterocycles. The van der Waals surface area contributed by atoms with Gasteiger partial charge in [-0.3, -0.25) is 10.2 Å². The quantitative estimate of drug-likeness (QED) is 0.648. The van der Waals surface area contributed by atoms with E-state index in [-0.39, 0.29) is 5.56 Å². The van der Waals surface area contributed by atoms with Crippen molar-refractivity contribution < 1.29 is 9.18 Å². The first kappa shape index (κ1) is 16.5. The fraction of sp³-hybridized carbons (Fsp3) is 0.222. The maximum atomic E-state index is 14.3. The molecule has 1 aliphatic rings. The van der Waals surface area contributed by atoms with Gasteiger partial charge in [0.05, 0.1) is 5.56 Å². The number of nitrogens with zero attached hydrogens (tertiary/aromatic N) is 1. The lowest BCUT2D eigenvalue weighted by Gasteiger charge is -2.18. The van der Waals surface area contributed by atoms with Crippen molar-refractivity contribution in [2.75, 3.05) is 18.4 Å². The van der Waals surface area contributed by atoms with Gasteiger partial charge in [0.25, 0.3) is 5.91 Å². The van der Waals surface area contributed by atoms with Crippen LogP contribution in [0.4, 0.5) is 10.1 Å². The first-order chi connectivity index (χ1) is 11.5. The summed E-state index contributed by atoms with van der Waals surface area (Å²) in [7, 11) is 0. The number of rotatable bonds is 3. The van der Waals surface area contributed by atoms with Crippen LogP contribution < -0.4 is 5.32 Å². The Morgan fingerprint density at radius 2 is 1.79 bits per heavy atom. The average molecular weight is 346 g/mol. The lowest BCUT2D eigenvalue weighted by molar-refractivity contribution is 0.102. The zero-order valence-electron chi connectivity index (χ0n) is 13.0. The molecule has 0 unspecified atom stereocenters. The molecule has 0 bridgehead atoms. The monoisotopic (exact) mass is 345 g/mol. The number of amides is 1. The second-order valence-electron chi connectivity index (χ2n) is 5.70. The summed E-state index contributed by atoms with van der Waals surface area (Å²) in [6.07, 6.45) is 2.10. The van der Waals surface area contributed by atoms with Crippen LogP contribution in [0.25, 0.3) is 0 Å². The molecule has 6 heteroatoms. The molecule has 3 rings (SSSR count). The van der Waals surface area contributed by atoms with E-state index in [0.29, 0.717) is 22.1 Å². The van der Waals surface area contributed by atoms with Crippen molar-refractivity contribution in [3.8, 4) is 0 Å². The third-order valence-electron chi connectivity index (χ3n) is 4.01. The van der Waals surface area contributed by atoms with Crippen molar-refractivity contribution in [3.63, 3.8) is 0 Å². The summed E-state index contributed by atoms with van der Waals surface area (Å²) in [6.45, 7) is 1.64. The van der Waals surface area contributed by atoms with Crippen LogP contribution in [0.3, 0.4) is 0 Å². The molecule has 1 amide bonds. The number of hydrogen-bond donors (Lipinski definition) is 2. The number of anilines is 1. The topological polar surface area (TPSA) is 56.2 Å². The minimum atomic E-state index is -0.636. The van der Waals surface area contributed by atoms with Gasteiger partial charge < -0.3 is 10.2 Å². The van der Waals surface area contributed by atoms with E-state index in [9.17, 15) is 9.18 Å². The maximum Gasteiger partial charge on any atom is 0.258 e. The van der Waals surface area contributed by atoms with Gasteiger partial charge in [-0.25, -0.2) is 4.39 Å². The van der Waals surface area contributed by atoms with Crippen LogP contribution in [0.1, 0.15) is 28.8 Å². The van der Waals surface area contributed by atoms with E-state index in [1.54, 1.807) is 30.3 Å². The van der Waals surface area contributed by atoms with Gasteiger partial charge >= 0.3 is 0 Å². The number of halogens is 2. The molecule has 2 aromatic carbocycles. The fourth-order valence-corrected chi connectivity index (χ4v) is 2.83. The summed E-state index contributed by atoms with van der Waals surface area (Å²) < 4.78 is 14.3. The molecular weight excluding hydrogens is 329 g/mol. The van der Waals surface area contributed by atoms with E-state index in [2.05, 4.69) is 5.32 Å². The fourth-order valence-electron chi connectivity index (χ4n) is 2.70. The molecule has 2 aromatic rings. The van der Waals surface area contributed by atoms with Gasteiger partial charge in [0.1, 0.15) is 11.7 Å². The predicted octanol–water partition coefficient (Wildman–Crippen LogP) is 4.15. The Labute approximate surface area is 144 Å². The molecule has 4 nitrogen and oxygen atoms in total. The van der Waals surface area contributed by atoms with E-state index in [1.165, 1.54) is 12.1 Å². The van der Waals surface area contributed by atoms with Crippen molar-refractivity contribution in [2.45, 2.75) is 12.8 Å². The molecule has 124 valence electrons. The Balaban J connectivity index is 1.75. The Morgan fingerprint density at radius 3 is 2.42 bits per heavy atom. The number of carbonyl (C=O) groups is 1. The highest BCUT2D eigenvalue weighted by atomic mass is 35.5. The molecule has 0 aromatic heterocycles. The van der Waals surface area contributed by atoms with Gasteiger partial charge in [0.2, 0.25) is 0 Å². The molecule has 0 aliphatic carbocycles. The third-order valence-corrected chi connectivity index (χ3v) is 4.26. The smallest absolute Gasteiger partial charge is 0.258 e. The predicted molar refractivity (Wildman–Crippen MR) is 93.4 cm³/mol. The Morgan fingerprint density at radius 1 is 1.12 bits per heavy atom. The maximum absolute atomic E-state index is 14.3. The van der Waals surface area contributed by atoms with Crippen LogP contribution in [0.5, 0.6) is 0 Å². The second kappa shape index (κ2) is 7.01. The second-order valence-corrected chi connectivity index (χ2v) is 6.13. The Kier molecular flexibility index (Phi) is 4.81. The van der Waals surface area contributed by atoms with E-state index >= 15 is 0 Å². The lowest BCUT2D eigenvalue weighted by Crippen LogP contribution is -2.28. The molecule has 0 spiro atoms. The van der Waals surface area contributed by atoms with Crippen LogP contribution in [0, 0.1) is 11.2 Å². The van der Waals surface area contributed by atoms with Crippen molar-refractivity contribution in [1.82, 2.24) is 4.90 Å². The van der Waals surface area contributed by atoms with Crippen LogP contribution in [0.2, 0.25) is 5.02 Å². The number of hydrogen-bond acceptors (Lipinski definition) is 2. The highest BCUT2D eigenvalue weighted by molar-refractivity contribution is 6.30.